The molecule has 3 rings (SSSR count). The number of hydrogen-bond donors (Lipinski definition) is 4. The topological polar surface area (TPSA) is 87.4 Å². The third-order valence-corrected chi connectivity index (χ3v) is 6.61. The number of nitrogens with two attached hydrogens (primary N) is 1. The van der Waals surface area contributed by atoms with Crippen LogP contribution in [0.2, 0.25) is 0 Å². The standard InChI is InChI=1S/C21H34N2O.C7H9NO.2C2H6.CHF3/c1-7-9-21(5,6)10-11-22-19-15(4)18-16(8-2)12-14(3)13-17(18)20(24)23-19;1-5-2-6(4-9)7(8)3-5;2*1-2;2-1(3)4/h12-13,15,19,22H,7-11H2,1-6H3,(H,23,24);2,9H,4,8H2,1H3;2*1-2H3;1H. The predicted octanol–water partition coefficient (Wildman–Crippen LogP) is 8.07. The summed E-state index contributed by atoms with van der Waals surface area (Å²) in [5.41, 5.74) is 15.6. The van der Waals surface area contributed by atoms with E-state index in [0.29, 0.717) is 17.0 Å². The maximum absolute atomic E-state index is 12.6. The van der Waals surface area contributed by atoms with Crippen LogP contribution in [0.15, 0.2) is 40.8 Å². The van der Waals surface area contributed by atoms with Gasteiger partial charge in [0.15, 0.2) is 0 Å². The van der Waals surface area contributed by atoms with E-state index in [1.54, 1.807) is 0 Å². The van der Waals surface area contributed by atoms with Gasteiger partial charge in [0, 0.05) is 17.1 Å². The summed E-state index contributed by atoms with van der Waals surface area (Å²) in [6.07, 6.45) is 6.41. The average molecular weight is 584 g/mol. The highest BCUT2D eigenvalue weighted by atomic mass is 19.4. The highest BCUT2D eigenvalue weighted by molar-refractivity contribution is 5.98. The Morgan fingerprint density at radius 1 is 1.10 bits per heavy atom. The maximum Gasteiger partial charge on any atom is 0.379 e. The fraction of sp³-hybridized carbons (Fsp3) is 0.636. The van der Waals surface area contributed by atoms with Crippen LogP contribution in [-0.2, 0) is 6.42 Å². The van der Waals surface area contributed by atoms with E-state index >= 15 is 0 Å². The number of amides is 1. The lowest BCUT2D eigenvalue weighted by Crippen LogP contribution is -2.53. The van der Waals surface area contributed by atoms with Crippen LogP contribution >= 0.6 is 0 Å². The first-order chi connectivity index (χ1) is 19.3. The van der Waals surface area contributed by atoms with Gasteiger partial charge in [0.2, 0.25) is 0 Å². The van der Waals surface area contributed by atoms with Gasteiger partial charge >= 0.3 is 6.68 Å². The van der Waals surface area contributed by atoms with E-state index in [2.05, 4.69) is 64.0 Å². The minimum absolute atomic E-state index is 0.0101. The Kier molecular flexibility index (Phi) is 21.0. The van der Waals surface area contributed by atoms with E-state index in [4.69, 9.17) is 10.8 Å². The fourth-order valence-electron chi connectivity index (χ4n) is 4.80. The van der Waals surface area contributed by atoms with Crippen LogP contribution < -0.4 is 16.4 Å². The summed E-state index contributed by atoms with van der Waals surface area (Å²) in [7, 11) is 0. The summed E-state index contributed by atoms with van der Waals surface area (Å²) in [5.74, 6) is 0.356. The Labute approximate surface area is 247 Å². The highest BCUT2D eigenvalue weighted by Gasteiger charge is 2.32. The largest absolute Gasteiger partial charge is 0.392 e. The van der Waals surface area contributed by atoms with E-state index in [1.807, 2.05) is 46.8 Å². The molecule has 1 aliphatic carbocycles. The summed E-state index contributed by atoms with van der Waals surface area (Å²) >= 11 is 0. The summed E-state index contributed by atoms with van der Waals surface area (Å²) < 4.78 is 29.0. The average Bonchev–Trinajstić information content (AvgIpc) is 3.25. The first kappa shape index (κ1) is 40.6. The minimum Gasteiger partial charge on any atom is -0.392 e. The minimum atomic E-state index is -3.67. The Morgan fingerprint density at radius 2 is 1.66 bits per heavy atom. The molecule has 5 nitrogen and oxygen atoms in total. The molecule has 5 N–H and O–H groups in total. The second-order valence-electron chi connectivity index (χ2n) is 10.4. The number of nitrogens with one attached hydrogen (secondary N) is 2. The van der Waals surface area contributed by atoms with Crippen molar-refractivity contribution in [2.45, 2.75) is 121 Å². The van der Waals surface area contributed by atoms with Gasteiger partial charge < -0.3 is 16.2 Å². The quantitative estimate of drug-likeness (QED) is 0.233. The first-order valence-electron chi connectivity index (χ1n) is 14.9. The molecule has 2 aliphatic rings. The second kappa shape index (κ2) is 21.2. The van der Waals surface area contributed by atoms with Crippen LogP contribution in [0.4, 0.5) is 13.2 Å². The number of benzene rings is 1. The molecule has 1 aromatic rings. The zero-order valence-electron chi connectivity index (χ0n) is 27.3. The van der Waals surface area contributed by atoms with Crippen molar-refractivity contribution in [1.29, 1.82) is 0 Å². The van der Waals surface area contributed by atoms with Crippen LogP contribution in [0.1, 0.15) is 121 Å². The van der Waals surface area contributed by atoms with E-state index in [9.17, 15) is 18.0 Å². The highest BCUT2D eigenvalue weighted by Crippen LogP contribution is 2.32. The zero-order chi connectivity index (χ0) is 32.3. The van der Waals surface area contributed by atoms with E-state index < -0.39 is 6.68 Å². The summed E-state index contributed by atoms with van der Waals surface area (Å²) in [5, 5.41) is 15.4. The Bertz CT molecular complexity index is 1010. The van der Waals surface area contributed by atoms with Crippen molar-refractivity contribution in [3.63, 3.8) is 0 Å². The monoisotopic (exact) mass is 583 g/mol. The lowest BCUT2D eigenvalue weighted by atomic mass is 9.82. The molecule has 8 heteroatoms. The molecule has 41 heavy (non-hydrogen) atoms. The molecule has 236 valence electrons. The number of rotatable bonds is 8. The van der Waals surface area contributed by atoms with Crippen molar-refractivity contribution < 1.29 is 23.1 Å². The Morgan fingerprint density at radius 3 is 2.07 bits per heavy atom. The van der Waals surface area contributed by atoms with E-state index in [1.165, 1.54) is 29.5 Å². The molecular weight excluding hydrogens is 527 g/mol. The van der Waals surface area contributed by atoms with Crippen LogP contribution in [0.25, 0.3) is 0 Å². The number of carbonyl (C=O) groups excluding carboxylic acids is 1. The van der Waals surface area contributed by atoms with E-state index in [0.717, 1.165) is 36.1 Å². The van der Waals surface area contributed by atoms with Gasteiger partial charge in [-0.3, -0.25) is 10.1 Å². The van der Waals surface area contributed by atoms with Crippen molar-refractivity contribution in [3.05, 3.63) is 63.0 Å². The molecule has 0 aromatic heterocycles. The van der Waals surface area contributed by atoms with Gasteiger partial charge in [-0.2, -0.15) is 13.2 Å². The van der Waals surface area contributed by atoms with Crippen molar-refractivity contribution in [3.8, 4) is 0 Å². The van der Waals surface area contributed by atoms with Crippen molar-refractivity contribution >= 4 is 5.91 Å². The molecule has 0 saturated heterocycles. The molecule has 0 spiro atoms. The smallest absolute Gasteiger partial charge is 0.379 e. The third-order valence-electron chi connectivity index (χ3n) is 6.61. The van der Waals surface area contributed by atoms with Crippen molar-refractivity contribution in [2.75, 3.05) is 13.2 Å². The number of aryl methyl sites for hydroxylation is 2. The second-order valence-corrected chi connectivity index (χ2v) is 10.4. The van der Waals surface area contributed by atoms with Gasteiger partial charge in [-0.05, 0) is 73.9 Å². The number of fused-ring (bicyclic) bond motifs is 1. The molecule has 1 amide bonds. The molecule has 1 aromatic carbocycles. The van der Waals surface area contributed by atoms with Gasteiger partial charge in [-0.1, -0.05) is 86.1 Å². The molecule has 1 aliphatic heterocycles. The zero-order valence-corrected chi connectivity index (χ0v) is 27.3. The lowest BCUT2D eigenvalue weighted by Gasteiger charge is -2.35. The van der Waals surface area contributed by atoms with E-state index in [-0.39, 0.29) is 18.7 Å². The summed E-state index contributed by atoms with van der Waals surface area (Å²) in [6, 6.07) is 4.26. The number of carbonyl (C=O) groups is 1. The SMILES string of the molecule is CC.CC.CC1=C=C(N)C(CO)=C1.CCCC(C)(C)CCNC1NC(=O)c2cc(C)cc(CC)c2C1C.FC(F)F. The maximum atomic E-state index is 12.6. The number of alkyl halides is 3. The molecule has 2 atom stereocenters. The number of hydrogen-bond acceptors (Lipinski definition) is 4. The molecule has 2 unspecified atom stereocenters. The van der Waals surface area contributed by atoms with Gasteiger partial charge in [-0.15, -0.1) is 0 Å². The van der Waals surface area contributed by atoms with Gasteiger partial charge in [0.1, 0.15) is 0 Å². The predicted molar refractivity (Wildman–Crippen MR) is 167 cm³/mol. The lowest BCUT2D eigenvalue weighted by molar-refractivity contribution is 0.00818. The first-order valence-corrected chi connectivity index (χ1v) is 14.9. The molecule has 0 fully saturated rings. The Hall–Kier alpha value is -2.54. The fourth-order valence-corrected chi connectivity index (χ4v) is 4.80. The molecular formula is C33H56F3N3O2. The van der Waals surface area contributed by atoms with Crippen LogP contribution in [0, 0.1) is 12.3 Å². The molecule has 0 bridgehead atoms. The molecule has 0 saturated carbocycles. The van der Waals surface area contributed by atoms with Gasteiger partial charge in [-0.25, -0.2) is 0 Å². The van der Waals surface area contributed by atoms with Gasteiger partial charge in [0.05, 0.1) is 18.5 Å². The number of aliphatic hydroxyl groups is 1. The number of halogens is 3. The summed E-state index contributed by atoms with van der Waals surface area (Å²) in [4.78, 5) is 12.6. The van der Waals surface area contributed by atoms with Gasteiger partial charge in [0.25, 0.3) is 5.91 Å². The number of aliphatic hydroxyl groups excluding tert-OH is 1. The molecule has 1 heterocycles. The Balaban J connectivity index is 0. The third kappa shape index (κ3) is 14.8. The number of allylic oxidation sites excluding steroid dienone is 1. The van der Waals surface area contributed by atoms with Crippen molar-refractivity contribution in [1.82, 2.24) is 10.6 Å². The van der Waals surface area contributed by atoms with Crippen molar-refractivity contribution in [2.24, 2.45) is 11.1 Å². The summed E-state index contributed by atoms with van der Waals surface area (Å²) in [6.45, 7) is 20.5. The normalized spacial score (nSPS) is 17.0. The van der Waals surface area contributed by atoms with Crippen LogP contribution in [0.3, 0.4) is 0 Å². The van der Waals surface area contributed by atoms with Crippen LogP contribution in [0.5, 0.6) is 0 Å². The molecule has 0 radical (unpaired) electrons. The van der Waals surface area contributed by atoms with Crippen LogP contribution in [-0.4, -0.2) is 37.0 Å².